The lowest BCUT2D eigenvalue weighted by Crippen LogP contribution is -2.48. The van der Waals surface area contributed by atoms with Gasteiger partial charge in [-0.2, -0.15) is 0 Å². The molecular weight excluding hydrogens is 466 g/mol. The van der Waals surface area contributed by atoms with E-state index in [2.05, 4.69) is 10.6 Å². The highest BCUT2D eigenvalue weighted by molar-refractivity contribution is 5.99. The number of carbonyl (C=O) groups is 2. The van der Waals surface area contributed by atoms with Crippen molar-refractivity contribution in [3.05, 3.63) is 48.0 Å². The van der Waals surface area contributed by atoms with Crippen LogP contribution in [0.2, 0.25) is 0 Å². The molecule has 0 aliphatic carbocycles. The van der Waals surface area contributed by atoms with Crippen LogP contribution in [-0.4, -0.2) is 80.3 Å². The maximum absolute atomic E-state index is 12.8. The molecule has 2 aromatic rings. The fourth-order valence-corrected chi connectivity index (χ4v) is 5.07. The number of benzene rings is 2. The molecule has 10 nitrogen and oxygen atoms in total. The van der Waals surface area contributed by atoms with Crippen molar-refractivity contribution >= 4 is 23.3 Å². The highest BCUT2D eigenvalue weighted by atomic mass is 16.6. The summed E-state index contributed by atoms with van der Waals surface area (Å²) in [4.78, 5) is 27.1. The van der Waals surface area contributed by atoms with Crippen molar-refractivity contribution in [2.24, 2.45) is 0 Å². The number of rotatable bonds is 6. The molecule has 2 saturated heterocycles. The standard InChI is InChI=1S/C26H31N3O7/c1-33-18-5-2-16(3-6-18)27-26(32)28-17-4-7-22-20(12-17)21-13-19(35-23(15-30)25(21)36-22)14-24(31)29-8-10-34-11-9-29/h2-7,12,19,21,23,25,30H,8-11,13-15H2,1H3,(H2,27,28,32)/t19-,21-,23-,25+/m0/s1. The summed E-state index contributed by atoms with van der Waals surface area (Å²) in [5, 5.41) is 15.6. The Balaban J connectivity index is 1.26. The van der Waals surface area contributed by atoms with E-state index in [0.717, 1.165) is 5.56 Å². The first kappa shape index (κ1) is 24.4. The van der Waals surface area contributed by atoms with Gasteiger partial charge in [-0.3, -0.25) is 4.79 Å². The van der Waals surface area contributed by atoms with E-state index in [0.29, 0.717) is 55.6 Å². The third-order valence-corrected chi connectivity index (χ3v) is 6.87. The van der Waals surface area contributed by atoms with Gasteiger partial charge in [0, 0.05) is 35.9 Å². The fraction of sp³-hybridized carbons (Fsp3) is 0.462. The van der Waals surface area contributed by atoms with Crippen LogP contribution in [0, 0.1) is 0 Å². The summed E-state index contributed by atoms with van der Waals surface area (Å²) in [6, 6.07) is 12.2. The van der Waals surface area contributed by atoms with Gasteiger partial charge in [-0.25, -0.2) is 4.79 Å². The van der Waals surface area contributed by atoms with Gasteiger partial charge in [0.2, 0.25) is 5.91 Å². The van der Waals surface area contributed by atoms with Crippen molar-refractivity contribution in [1.29, 1.82) is 0 Å². The van der Waals surface area contributed by atoms with Gasteiger partial charge in [0.15, 0.2) is 0 Å². The zero-order chi connectivity index (χ0) is 25.1. The topological polar surface area (TPSA) is 119 Å². The summed E-state index contributed by atoms with van der Waals surface area (Å²) in [7, 11) is 1.59. The predicted molar refractivity (Wildman–Crippen MR) is 132 cm³/mol. The van der Waals surface area contributed by atoms with Crippen molar-refractivity contribution < 1.29 is 33.6 Å². The molecule has 36 heavy (non-hydrogen) atoms. The highest BCUT2D eigenvalue weighted by Crippen LogP contribution is 2.47. The van der Waals surface area contributed by atoms with Gasteiger partial charge in [0.1, 0.15) is 23.7 Å². The van der Waals surface area contributed by atoms with Crippen LogP contribution in [0.4, 0.5) is 16.2 Å². The van der Waals surface area contributed by atoms with E-state index in [1.54, 1.807) is 42.3 Å². The molecule has 5 rings (SSSR count). The molecular formula is C26H31N3O7. The molecule has 2 fully saturated rings. The first-order chi connectivity index (χ1) is 17.5. The summed E-state index contributed by atoms with van der Waals surface area (Å²) >= 11 is 0. The van der Waals surface area contributed by atoms with Gasteiger partial charge in [0.25, 0.3) is 0 Å². The number of anilines is 2. The van der Waals surface area contributed by atoms with Gasteiger partial charge >= 0.3 is 6.03 Å². The van der Waals surface area contributed by atoms with Gasteiger partial charge in [-0.1, -0.05) is 0 Å². The molecule has 0 aromatic heterocycles. The number of carbonyl (C=O) groups excluding carboxylic acids is 2. The summed E-state index contributed by atoms with van der Waals surface area (Å²) < 4.78 is 22.7. The van der Waals surface area contributed by atoms with Crippen LogP contribution in [0.25, 0.3) is 0 Å². The van der Waals surface area contributed by atoms with E-state index >= 15 is 0 Å². The van der Waals surface area contributed by atoms with E-state index < -0.39 is 6.10 Å². The average molecular weight is 498 g/mol. The Morgan fingerprint density at radius 1 is 1.08 bits per heavy atom. The van der Waals surface area contributed by atoms with Crippen LogP contribution in [-0.2, 0) is 14.3 Å². The lowest BCUT2D eigenvalue weighted by Gasteiger charge is -2.38. The van der Waals surface area contributed by atoms with Crippen LogP contribution < -0.4 is 20.1 Å². The molecule has 4 atom stereocenters. The number of ether oxygens (including phenoxy) is 4. The monoisotopic (exact) mass is 497 g/mol. The minimum absolute atomic E-state index is 0.0307. The fourth-order valence-electron chi connectivity index (χ4n) is 5.07. The summed E-state index contributed by atoms with van der Waals surface area (Å²) in [5.41, 5.74) is 2.20. The number of urea groups is 1. The summed E-state index contributed by atoms with van der Waals surface area (Å²) in [6.07, 6.45) is -0.372. The van der Waals surface area contributed by atoms with Crippen molar-refractivity contribution in [3.63, 3.8) is 0 Å². The number of methoxy groups -OCH3 is 1. The number of fused-ring (bicyclic) bond motifs is 3. The number of nitrogens with zero attached hydrogens (tertiary/aromatic N) is 1. The predicted octanol–water partition coefficient (Wildman–Crippen LogP) is 2.58. The summed E-state index contributed by atoms with van der Waals surface area (Å²) in [6.45, 7) is 2.06. The number of aliphatic hydroxyl groups excluding tert-OH is 1. The minimum Gasteiger partial charge on any atom is -0.497 e. The number of amides is 3. The van der Waals surface area contributed by atoms with E-state index in [-0.39, 0.29) is 43.1 Å². The zero-order valence-corrected chi connectivity index (χ0v) is 20.1. The number of aliphatic hydroxyl groups is 1. The van der Waals surface area contributed by atoms with E-state index in [9.17, 15) is 14.7 Å². The number of nitrogens with one attached hydrogen (secondary N) is 2. The molecule has 0 saturated carbocycles. The first-order valence-corrected chi connectivity index (χ1v) is 12.2. The lowest BCUT2D eigenvalue weighted by molar-refractivity contribution is -0.151. The Morgan fingerprint density at radius 3 is 2.53 bits per heavy atom. The maximum Gasteiger partial charge on any atom is 0.323 e. The second-order valence-electron chi connectivity index (χ2n) is 9.16. The van der Waals surface area contributed by atoms with Gasteiger partial charge < -0.3 is 39.6 Å². The normalized spacial score (nSPS) is 24.8. The van der Waals surface area contributed by atoms with Crippen LogP contribution in [0.1, 0.15) is 24.3 Å². The number of hydrogen-bond donors (Lipinski definition) is 3. The quantitative estimate of drug-likeness (QED) is 0.561. The molecule has 3 aliphatic heterocycles. The molecule has 10 heteroatoms. The number of hydrogen-bond acceptors (Lipinski definition) is 7. The largest absolute Gasteiger partial charge is 0.497 e. The van der Waals surface area contributed by atoms with Crippen molar-refractivity contribution in [2.45, 2.75) is 37.1 Å². The smallest absolute Gasteiger partial charge is 0.323 e. The van der Waals surface area contributed by atoms with Crippen LogP contribution in [0.5, 0.6) is 11.5 Å². The van der Waals surface area contributed by atoms with E-state index in [1.165, 1.54) is 0 Å². The van der Waals surface area contributed by atoms with Crippen LogP contribution in [0.15, 0.2) is 42.5 Å². The van der Waals surface area contributed by atoms with Crippen molar-refractivity contribution in [1.82, 2.24) is 4.90 Å². The second kappa shape index (κ2) is 10.7. The molecule has 192 valence electrons. The third-order valence-electron chi connectivity index (χ3n) is 6.87. The van der Waals surface area contributed by atoms with Crippen LogP contribution >= 0.6 is 0 Å². The van der Waals surface area contributed by atoms with Gasteiger partial charge in [-0.05, 0) is 48.9 Å². The van der Waals surface area contributed by atoms with Crippen molar-refractivity contribution in [2.75, 3.05) is 50.7 Å². The maximum atomic E-state index is 12.8. The molecule has 3 heterocycles. The third kappa shape index (κ3) is 5.25. The Morgan fingerprint density at radius 2 is 1.81 bits per heavy atom. The number of morpholine rings is 1. The van der Waals surface area contributed by atoms with E-state index in [1.807, 2.05) is 12.1 Å². The van der Waals surface area contributed by atoms with Crippen LogP contribution in [0.3, 0.4) is 0 Å². The second-order valence-corrected chi connectivity index (χ2v) is 9.16. The molecule has 0 bridgehead atoms. The van der Waals surface area contributed by atoms with E-state index in [4.69, 9.17) is 18.9 Å². The Labute approximate surface area is 209 Å². The molecule has 0 spiro atoms. The molecule has 0 unspecified atom stereocenters. The average Bonchev–Trinajstić information content (AvgIpc) is 3.27. The Kier molecular flexibility index (Phi) is 7.26. The Bertz CT molecular complexity index is 1090. The van der Waals surface area contributed by atoms with Gasteiger partial charge in [0.05, 0.1) is 39.5 Å². The first-order valence-electron chi connectivity index (χ1n) is 12.2. The summed E-state index contributed by atoms with van der Waals surface area (Å²) in [5.74, 6) is 1.38. The molecule has 3 N–H and O–H groups in total. The SMILES string of the molecule is COc1ccc(NC(=O)Nc2ccc3c(c2)[C@@H]2C[C@@H](CC(=O)N4CCOCC4)O[C@@H](CO)[C@@H]2O3)cc1. The molecule has 3 aliphatic rings. The zero-order valence-electron chi connectivity index (χ0n) is 20.1. The molecule has 3 amide bonds. The molecule has 2 aromatic carbocycles. The van der Waals surface area contributed by atoms with Gasteiger partial charge in [-0.15, -0.1) is 0 Å². The lowest BCUT2D eigenvalue weighted by atomic mass is 9.84. The van der Waals surface area contributed by atoms with Crippen molar-refractivity contribution in [3.8, 4) is 11.5 Å². The highest BCUT2D eigenvalue weighted by Gasteiger charge is 2.46. The Hall–Kier alpha value is -3.34. The minimum atomic E-state index is -0.534. The molecule has 0 radical (unpaired) electrons.